The van der Waals surface area contributed by atoms with Gasteiger partial charge in [0.2, 0.25) is 0 Å². The summed E-state index contributed by atoms with van der Waals surface area (Å²) in [6, 6.07) is 19.9. The molecule has 0 aromatic heterocycles. The van der Waals surface area contributed by atoms with Gasteiger partial charge >= 0.3 is 0 Å². The largest absolute Gasteiger partial charge is 0.322 e. The molecule has 0 bridgehead atoms. The third-order valence-corrected chi connectivity index (χ3v) is 4.10. The fourth-order valence-corrected chi connectivity index (χ4v) is 3.14. The molecule has 0 atom stereocenters. The molecule has 0 aliphatic heterocycles. The minimum Gasteiger partial charge on any atom is -0.322 e. The highest BCUT2D eigenvalue weighted by Crippen LogP contribution is 2.33. The lowest BCUT2D eigenvalue weighted by molar-refractivity contribution is 0.102. The summed E-state index contributed by atoms with van der Waals surface area (Å²) in [4.78, 5) is 12.3. The van der Waals surface area contributed by atoms with Gasteiger partial charge in [-0.25, -0.2) is 0 Å². The zero-order valence-electron chi connectivity index (χ0n) is 11.6. The summed E-state index contributed by atoms with van der Waals surface area (Å²) < 4.78 is 0. The lowest BCUT2D eigenvalue weighted by Crippen LogP contribution is -2.11. The van der Waals surface area contributed by atoms with E-state index in [9.17, 15) is 4.79 Å². The third-order valence-electron chi connectivity index (χ3n) is 4.10. The van der Waals surface area contributed by atoms with Crippen LogP contribution in [0.15, 0.2) is 60.7 Å². The topological polar surface area (TPSA) is 29.1 Å². The number of hydrogen-bond acceptors (Lipinski definition) is 1. The molecule has 0 saturated carbocycles. The Morgan fingerprint density at radius 3 is 2.52 bits per heavy atom. The van der Waals surface area contributed by atoms with Gasteiger partial charge in [0, 0.05) is 11.3 Å². The van der Waals surface area contributed by atoms with Crippen LogP contribution in [0.25, 0.3) is 10.8 Å². The van der Waals surface area contributed by atoms with Gasteiger partial charge in [0.1, 0.15) is 0 Å². The van der Waals surface area contributed by atoms with Crippen molar-refractivity contribution in [1.82, 2.24) is 0 Å². The standard InChI is InChI=1S/C19H15NO/c21-19(14-5-2-1-3-6-14)20-17-11-15-8-4-7-13-9-10-16(12-17)18(13)15/h1-8,11-12H,9-10H2,(H,20,21). The fraction of sp³-hybridized carbons (Fsp3) is 0.105. The van der Waals surface area contributed by atoms with Crippen molar-refractivity contribution in [3.05, 3.63) is 77.4 Å². The van der Waals surface area contributed by atoms with Gasteiger partial charge in [0.15, 0.2) is 0 Å². The van der Waals surface area contributed by atoms with Crippen LogP contribution in [-0.4, -0.2) is 5.91 Å². The van der Waals surface area contributed by atoms with Gasteiger partial charge in [0.25, 0.3) is 5.91 Å². The summed E-state index contributed by atoms with van der Waals surface area (Å²) in [6.07, 6.45) is 2.16. The average Bonchev–Trinajstić information content (AvgIpc) is 2.93. The molecule has 102 valence electrons. The van der Waals surface area contributed by atoms with Gasteiger partial charge in [0.05, 0.1) is 0 Å². The number of anilines is 1. The molecule has 0 fully saturated rings. The van der Waals surface area contributed by atoms with Crippen molar-refractivity contribution in [3.8, 4) is 0 Å². The molecule has 21 heavy (non-hydrogen) atoms. The van der Waals surface area contributed by atoms with Crippen molar-refractivity contribution in [2.45, 2.75) is 12.8 Å². The van der Waals surface area contributed by atoms with Crippen LogP contribution in [0.4, 0.5) is 5.69 Å². The Balaban J connectivity index is 1.72. The van der Waals surface area contributed by atoms with E-state index in [0.29, 0.717) is 5.56 Å². The maximum Gasteiger partial charge on any atom is 0.255 e. The van der Waals surface area contributed by atoms with Crippen molar-refractivity contribution in [2.24, 2.45) is 0 Å². The van der Waals surface area contributed by atoms with Crippen LogP contribution in [0.1, 0.15) is 21.5 Å². The smallest absolute Gasteiger partial charge is 0.255 e. The van der Waals surface area contributed by atoms with Crippen LogP contribution in [-0.2, 0) is 12.8 Å². The monoisotopic (exact) mass is 273 g/mol. The molecule has 0 radical (unpaired) electrons. The van der Waals surface area contributed by atoms with E-state index in [0.717, 1.165) is 18.5 Å². The Morgan fingerprint density at radius 1 is 0.857 bits per heavy atom. The molecule has 4 rings (SSSR count). The highest BCUT2D eigenvalue weighted by atomic mass is 16.1. The summed E-state index contributed by atoms with van der Waals surface area (Å²) in [6.45, 7) is 0. The third kappa shape index (κ3) is 2.09. The number of hydrogen-bond donors (Lipinski definition) is 1. The van der Waals surface area contributed by atoms with E-state index in [2.05, 4.69) is 35.6 Å². The molecular weight excluding hydrogens is 258 g/mol. The fourth-order valence-electron chi connectivity index (χ4n) is 3.14. The molecule has 1 amide bonds. The zero-order valence-corrected chi connectivity index (χ0v) is 11.6. The summed E-state index contributed by atoms with van der Waals surface area (Å²) >= 11 is 0. The number of carbonyl (C=O) groups is 1. The van der Waals surface area contributed by atoms with Crippen molar-refractivity contribution in [1.29, 1.82) is 0 Å². The molecule has 3 aromatic rings. The lowest BCUT2D eigenvalue weighted by Gasteiger charge is -2.09. The zero-order chi connectivity index (χ0) is 14.2. The molecule has 2 nitrogen and oxygen atoms in total. The van der Waals surface area contributed by atoms with Gasteiger partial charge in [-0.05, 0) is 59.0 Å². The Morgan fingerprint density at radius 2 is 1.67 bits per heavy atom. The van der Waals surface area contributed by atoms with E-state index in [1.165, 1.54) is 21.9 Å². The van der Waals surface area contributed by atoms with E-state index in [1.54, 1.807) is 0 Å². The quantitative estimate of drug-likeness (QED) is 0.745. The van der Waals surface area contributed by atoms with Crippen LogP contribution in [0.2, 0.25) is 0 Å². The van der Waals surface area contributed by atoms with E-state index in [1.807, 2.05) is 30.3 Å². The first-order valence-electron chi connectivity index (χ1n) is 7.22. The second-order valence-electron chi connectivity index (χ2n) is 5.47. The first-order chi connectivity index (χ1) is 10.3. The number of carbonyl (C=O) groups excluding carboxylic acids is 1. The molecule has 0 heterocycles. The van der Waals surface area contributed by atoms with Crippen molar-refractivity contribution in [3.63, 3.8) is 0 Å². The second kappa shape index (κ2) is 4.74. The molecule has 0 spiro atoms. The second-order valence-corrected chi connectivity index (χ2v) is 5.47. The Kier molecular flexibility index (Phi) is 2.74. The number of nitrogens with one attached hydrogen (secondary N) is 1. The Bertz CT molecular complexity index is 837. The predicted molar refractivity (Wildman–Crippen MR) is 85.8 cm³/mol. The molecule has 1 aliphatic rings. The normalized spacial score (nSPS) is 12.6. The van der Waals surface area contributed by atoms with Gasteiger partial charge in [-0.3, -0.25) is 4.79 Å². The van der Waals surface area contributed by atoms with E-state index in [-0.39, 0.29) is 5.91 Å². The maximum atomic E-state index is 12.3. The molecule has 1 aliphatic carbocycles. The summed E-state index contributed by atoms with van der Waals surface area (Å²) in [5, 5.41) is 5.59. The summed E-state index contributed by atoms with van der Waals surface area (Å²) in [7, 11) is 0. The summed E-state index contributed by atoms with van der Waals surface area (Å²) in [5.74, 6) is -0.0590. The van der Waals surface area contributed by atoms with E-state index >= 15 is 0 Å². The first-order valence-corrected chi connectivity index (χ1v) is 7.22. The van der Waals surface area contributed by atoms with Crippen LogP contribution < -0.4 is 5.32 Å². The average molecular weight is 273 g/mol. The molecule has 2 heteroatoms. The minimum absolute atomic E-state index is 0.0590. The molecular formula is C19H15NO. The molecule has 3 aromatic carbocycles. The lowest BCUT2D eigenvalue weighted by atomic mass is 10.0. The molecule has 1 N–H and O–H groups in total. The highest BCUT2D eigenvalue weighted by molar-refractivity contribution is 6.05. The van der Waals surface area contributed by atoms with Crippen molar-refractivity contribution >= 4 is 22.4 Å². The summed E-state index contributed by atoms with van der Waals surface area (Å²) in [5.41, 5.74) is 4.32. The van der Waals surface area contributed by atoms with Gasteiger partial charge in [-0.15, -0.1) is 0 Å². The molecule has 0 saturated heterocycles. The number of rotatable bonds is 2. The first kappa shape index (κ1) is 12.2. The van der Waals surface area contributed by atoms with Gasteiger partial charge in [-0.2, -0.15) is 0 Å². The van der Waals surface area contributed by atoms with Crippen molar-refractivity contribution < 1.29 is 4.79 Å². The number of benzene rings is 3. The van der Waals surface area contributed by atoms with Crippen molar-refractivity contribution in [2.75, 3.05) is 5.32 Å². The van der Waals surface area contributed by atoms with Gasteiger partial charge < -0.3 is 5.32 Å². The minimum atomic E-state index is -0.0590. The van der Waals surface area contributed by atoms with Crippen LogP contribution in [0.3, 0.4) is 0 Å². The number of aryl methyl sites for hydroxylation is 2. The SMILES string of the molecule is O=C(Nc1cc2c3c(cccc3c1)CC2)c1ccccc1. The maximum absolute atomic E-state index is 12.3. The van der Waals surface area contributed by atoms with Crippen LogP contribution in [0.5, 0.6) is 0 Å². The van der Waals surface area contributed by atoms with E-state index in [4.69, 9.17) is 0 Å². The predicted octanol–water partition coefficient (Wildman–Crippen LogP) is 4.19. The van der Waals surface area contributed by atoms with E-state index < -0.39 is 0 Å². The van der Waals surface area contributed by atoms with Gasteiger partial charge in [-0.1, -0.05) is 36.4 Å². The Hall–Kier alpha value is -2.61. The molecule has 0 unspecified atom stereocenters. The van der Waals surface area contributed by atoms with Crippen LogP contribution >= 0.6 is 0 Å². The Labute approximate surface area is 123 Å². The number of amides is 1. The van der Waals surface area contributed by atoms with Crippen LogP contribution in [0, 0.1) is 0 Å². The highest BCUT2D eigenvalue weighted by Gasteiger charge is 2.15.